The number of fused-ring (bicyclic) bond motifs is 1. The minimum Gasteiger partial charge on any atom is -0.346 e. The average molecular weight is 387 g/mol. The highest BCUT2D eigenvalue weighted by molar-refractivity contribution is 5.85. The minimum absolute atomic E-state index is 0. The summed E-state index contributed by atoms with van der Waals surface area (Å²) in [5, 5.41) is 3.08. The maximum Gasteiger partial charge on any atom is 0.221 e. The monoisotopic (exact) mass is 386 g/mol. The van der Waals surface area contributed by atoms with Gasteiger partial charge in [-0.05, 0) is 43.9 Å². The van der Waals surface area contributed by atoms with Crippen molar-refractivity contribution in [3.05, 3.63) is 30.1 Å². The molecule has 2 aromatic rings. The van der Waals surface area contributed by atoms with Gasteiger partial charge in [0.25, 0.3) is 0 Å². The number of H-pyrrole nitrogens is 1. The molecule has 4 N–H and O–H groups in total. The summed E-state index contributed by atoms with van der Waals surface area (Å²) in [5.41, 5.74) is 7.90. The van der Waals surface area contributed by atoms with Gasteiger partial charge in [0.1, 0.15) is 5.82 Å². The molecule has 1 atom stereocenters. The van der Waals surface area contributed by atoms with Crippen LogP contribution in [0.3, 0.4) is 0 Å². The second kappa shape index (κ2) is 9.41. The van der Waals surface area contributed by atoms with E-state index in [-0.39, 0.29) is 42.2 Å². The predicted octanol–water partition coefficient (Wildman–Crippen LogP) is 3.88. The van der Waals surface area contributed by atoms with E-state index < -0.39 is 0 Å². The van der Waals surface area contributed by atoms with Crippen LogP contribution in [0.4, 0.5) is 0 Å². The van der Waals surface area contributed by atoms with E-state index in [1.165, 1.54) is 19.3 Å². The van der Waals surface area contributed by atoms with Gasteiger partial charge >= 0.3 is 0 Å². The Hall–Kier alpha value is -1.30. The number of halogens is 2. The van der Waals surface area contributed by atoms with Crippen LogP contribution in [0.2, 0.25) is 0 Å². The first-order valence-corrected chi connectivity index (χ1v) is 8.56. The molecule has 1 aromatic carbocycles. The first-order chi connectivity index (χ1) is 11.1. The fraction of sp³-hybridized carbons (Fsp3) is 0.556. The van der Waals surface area contributed by atoms with Crippen LogP contribution in [0.1, 0.15) is 57.3 Å². The molecule has 1 aliphatic rings. The van der Waals surface area contributed by atoms with E-state index in [9.17, 15) is 4.79 Å². The van der Waals surface area contributed by atoms with E-state index in [0.29, 0.717) is 13.0 Å². The third kappa shape index (κ3) is 5.09. The van der Waals surface area contributed by atoms with Crippen molar-refractivity contribution in [2.24, 2.45) is 11.1 Å². The van der Waals surface area contributed by atoms with Gasteiger partial charge in [0.15, 0.2) is 0 Å². The third-order valence-corrected chi connectivity index (χ3v) is 5.08. The molecule has 1 heterocycles. The topological polar surface area (TPSA) is 83.8 Å². The maximum absolute atomic E-state index is 12.5. The molecule has 1 unspecified atom stereocenters. The Morgan fingerprint density at radius 1 is 1.28 bits per heavy atom. The van der Waals surface area contributed by atoms with Crippen molar-refractivity contribution in [3.63, 3.8) is 0 Å². The minimum atomic E-state index is -0.131. The van der Waals surface area contributed by atoms with E-state index >= 15 is 0 Å². The Morgan fingerprint density at radius 2 is 1.96 bits per heavy atom. The third-order valence-electron chi connectivity index (χ3n) is 5.08. The number of carbonyl (C=O) groups is 1. The fourth-order valence-electron chi connectivity index (χ4n) is 3.63. The van der Waals surface area contributed by atoms with E-state index in [4.69, 9.17) is 5.73 Å². The summed E-state index contributed by atoms with van der Waals surface area (Å²) in [6.45, 7) is 2.56. The van der Waals surface area contributed by atoms with Gasteiger partial charge in [-0.3, -0.25) is 4.79 Å². The Bertz CT molecular complexity index is 650. The first kappa shape index (κ1) is 21.7. The Labute approximate surface area is 161 Å². The lowest BCUT2D eigenvalue weighted by molar-refractivity contribution is -0.124. The zero-order valence-electron chi connectivity index (χ0n) is 14.6. The second-order valence-electron chi connectivity index (χ2n) is 6.87. The predicted molar refractivity (Wildman–Crippen MR) is 106 cm³/mol. The Kier molecular flexibility index (Phi) is 8.19. The standard InChI is InChI=1S/C18H26N4O.2ClH/c1-13(17-21-14-7-3-4-8-15(14)22-17)20-16(23)11-18(12-19)9-5-2-6-10-18;;/h3-4,7-8,13H,2,5-6,9-12,19H2,1H3,(H,20,23)(H,21,22);2*1H. The Balaban J connectivity index is 0.00000156. The summed E-state index contributed by atoms with van der Waals surface area (Å²) in [6.07, 6.45) is 6.28. The van der Waals surface area contributed by atoms with Crippen LogP contribution in [0.5, 0.6) is 0 Å². The largest absolute Gasteiger partial charge is 0.346 e. The molecular weight excluding hydrogens is 359 g/mol. The molecule has 1 amide bonds. The van der Waals surface area contributed by atoms with Gasteiger partial charge in [0, 0.05) is 6.42 Å². The Morgan fingerprint density at radius 3 is 2.60 bits per heavy atom. The normalized spacial score (nSPS) is 17.2. The quantitative estimate of drug-likeness (QED) is 0.728. The molecule has 1 fully saturated rings. The molecule has 0 radical (unpaired) electrons. The zero-order chi connectivity index (χ0) is 16.3. The molecule has 0 spiro atoms. The summed E-state index contributed by atoms with van der Waals surface area (Å²) in [4.78, 5) is 20.3. The number of nitrogens with zero attached hydrogens (tertiary/aromatic N) is 1. The smallest absolute Gasteiger partial charge is 0.221 e. The van der Waals surface area contributed by atoms with Crippen molar-refractivity contribution < 1.29 is 4.79 Å². The number of carbonyl (C=O) groups excluding carboxylic acids is 1. The van der Waals surface area contributed by atoms with Gasteiger partial charge in [-0.2, -0.15) is 0 Å². The van der Waals surface area contributed by atoms with Crippen LogP contribution in [0, 0.1) is 5.41 Å². The lowest BCUT2D eigenvalue weighted by Gasteiger charge is -2.35. The number of aromatic nitrogens is 2. The van der Waals surface area contributed by atoms with Crippen molar-refractivity contribution in [2.45, 2.75) is 51.5 Å². The fourth-order valence-corrected chi connectivity index (χ4v) is 3.63. The van der Waals surface area contributed by atoms with E-state index in [2.05, 4.69) is 15.3 Å². The van der Waals surface area contributed by atoms with Crippen LogP contribution >= 0.6 is 24.8 Å². The maximum atomic E-state index is 12.5. The molecular formula is C18H28Cl2N4O. The number of benzene rings is 1. The van der Waals surface area contributed by atoms with E-state index in [0.717, 1.165) is 29.7 Å². The van der Waals surface area contributed by atoms with Gasteiger partial charge in [-0.25, -0.2) is 4.98 Å². The lowest BCUT2D eigenvalue weighted by atomic mass is 9.71. The first-order valence-electron chi connectivity index (χ1n) is 8.56. The van der Waals surface area contributed by atoms with E-state index in [1.807, 2.05) is 31.2 Å². The van der Waals surface area contributed by atoms with Crippen LogP contribution < -0.4 is 11.1 Å². The van der Waals surface area contributed by atoms with Gasteiger partial charge in [0.2, 0.25) is 5.91 Å². The molecule has 25 heavy (non-hydrogen) atoms. The molecule has 1 aromatic heterocycles. The van der Waals surface area contributed by atoms with Crippen molar-refractivity contribution in [2.75, 3.05) is 6.54 Å². The molecule has 0 aliphatic heterocycles. The van der Waals surface area contributed by atoms with Crippen LogP contribution in [-0.4, -0.2) is 22.4 Å². The van der Waals surface area contributed by atoms with Gasteiger partial charge in [-0.1, -0.05) is 31.4 Å². The van der Waals surface area contributed by atoms with Gasteiger partial charge in [0.05, 0.1) is 17.1 Å². The summed E-state index contributed by atoms with van der Waals surface area (Å²) in [7, 11) is 0. The van der Waals surface area contributed by atoms with Crippen molar-refractivity contribution in [3.8, 4) is 0 Å². The number of imidazole rings is 1. The number of nitrogens with two attached hydrogens (primary N) is 1. The number of hydrogen-bond donors (Lipinski definition) is 3. The number of amides is 1. The summed E-state index contributed by atoms with van der Waals surface area (Å²) in [5.74, 6) is 0.871. The zero-order valence-corrected chi connectivity index (χ0v) is 16.2. The van der Waals surface area contributed by atoms with Gasteiger partial charge in [-0.15, -0.1) is 24.8 Å². The number of para-hydroxylation sites is 2. The SMILES string of the molecule is CC(NC(=O)CC1(CN)CCCCC1)c1nc2ccccc2[nH]1.Cl.Cl. The molecule has 0 bridgehead atoms. The van der Waals surface area contributed by atoms with Crippen LogP contribution in [-0.2, 0) is 4.79 Å². The number of rotatable bonds is 5. The average Bonchev–Trinajstić information content (AvgIpc) is 3.00. The highest BCUT2D eigenvalue weighted by Crippen LogP contribution is 2.38. The molecule has 5 nitrogen and oxygen atoms in total. The van der Waals surface area contributed by atoms with Crippen LogP contribution in [0.15, 0.2) is 24.3 Å². The number of hydrogen-bond acceptors (Lipinski definition) is 3. The van der Waals surface area contributed by atoms with E-state index in [1.54, 1.807) is 0 Å². The molecule has 3 rings (SSSR count). The molecule has 1 aliphatic carbocycles. The van der Waals surface area contributed by atoms with Crippen molar-refractivity contribution in [1.29, 1.82) is 0 Å². The number of nitrogens with one attached hydrogen (secondary N) is 2. The molecule has 1 saturated carbocycles. The highest BCUT2D eigenvalue weighted by Gasteiger charge is 2.33. The van der Waals surface area contributed by atoms with Crippen molar-refractivity contribution in [1.82, 2.24) is 15.3 Å². The molecule has 7 heteroatoms. The summed E-state index contributed by atoms with van der Waals surface area (Å²) < 4.78 is 0. The highest BCUT2D eigenvalue weighted by atomic mass is 35.5. The number of aromatic amines is 1. The lowest BCUT2D eigenvalue weighted by Crippen LogP contribution is -2.39. The van der Waals surface area contributed by atoms with Crippen LogP contribution in [0.25, 0.3) is 11.0 Å². The van der Waals surface area contributed by atoms with Crippen molar-refractivity contribution >= 4 is 41.8 Å². The molecule has 140 valence electrons. The van der Waals surface area contributed by atoms with Gasteiger partial charge < -0.3 is 16.0 Å². The summed E-state index contributed by atoms with van der Waals surface area (Å²) in [6, 6.07) is 7.76. The second-order valence-corrected chi connectivity index (χ2v) is 6.87. The summed E-state index contributed by atoms with van der Waals surface area (Å²) >= 11 is 0. The molecule has 0 saturated heterocycles.